The highest BCUT2D eigenvalue weighted by atomic mass is 16.1. The fraction of sp³-hybridized carbons (Fsp3) is 0.143. The molecule has 0 spiro atoms. The molecule has 0 radical (unpaired) electrons. The lowest BCUT2D eigenvalue weighted by atomic mass is 10.1. The first-order valence-electron chi connectivity index (χ1n) is 6.41. The van der Waals surface area contributed by atoms with Gasteiger partial charge in [0.2, 0.25) is 0 Å². The van der Waals surface area contributed by atoms with E-state index in [2.05, 4.69) is 20.5 Å². The average molecular weight is 282 g/mol. The molecule has 1 amide bonds. The molecule has 0 saturated carbocycles. The van der Waals surface area contributed by atoms with Crippen LogP contribution in [0.3, 0.4) is 0 Å². The Morgan fingerprint density at radius 1 is 1.33 bits per heavy atom. The van der Waals surface area contributed by atoms with Gasteiger partial charge in [0.1, 0.15) is 12.1 Å². The number of nitrogen functional groups attached to an aromatic ring is 1. The number of hydrogen-bond acceptors (Lipinski definition) is 5. The van der Waals surface area contributed by atoms with Crippen molar-refractivity contribution in [2.24, 2.45) is 7.05 Å². The number of aromatic nitrogens is 4. The zero-order chi connectivity index (χ0) is 14.8. The quantitative estimate of drug-likeness (QED) is 0.743. The maximum absolute atomic E-state index is 12.3. The number of nitrogens with zero attached hydrogens (tertiary/aromatic N) is 4. The molecule has 21 heavy (non-hydrogen) atoms. The number of nitrogens with two attached hydrogens (primary N) is 1. The summed E-state index contributed by atoms with van der Waals surface area (Å²) in [7, 11) is 1.82. The molecular weight excluding hydrogens is 268 g/mol. The van der Waals surface area contributed by atoms with E-state index in [0.717, 1.165) is 10.8 Å². The smallest absolute Gasteiger partial charge is 0.253 e. The van der Waals surface area contributed by atoms with Gasteiger partial charge in [-0.15, -0.1) is 10.2 Å². The number of amides is 1. The molecule has 0 fully saturated rings. The summed E-state index contributed by atoms with van der Waals surface area (Å²) in [5.74, 6) is 0.869. The Hall–Kier alpha value is -2.96. The van der Waals surface area contributed by atoms with Crippen LogP contribution in [-0.2, 0) is 13.6 Å². The fourth-order valence-corrected chi connectivity index (χ4v) is 2.12. The molecule has 2 aromatic heterocycles. The molecule has 3 rings (SSSR count). The maximum atomic E-state index is 12.3. The summed E-state index contributed by atoms with van der Waals surface area (Å²) in [6.45, 7) is 0.300. The van der Waals surface area contributed by atoms with E-state index in [1.807, 2.05) is 31.3 Å². The molecular formula is C14H14N6O. The molecule has 0 saturated heterocycles. The number of rotatable bonds is 3. The van der Waals surface area contributed by atoms with Crippen LogP contribution in [0.2, 0.25) is 0 Å². The number of carbonyl (C=O) groups excluding carboxylic acids is 1. The van der Waals surface area contributed by atoms with Crippen molar-refractivity contribution >= 4 is 22.5 Å². The number of carbonyl (C=O) groups is 1. The molecule has 0 aliphatic carbocycles. The Bertz CT molecular complexity index is 810. The van der Waals surface area contributed by atoms with E-state index in [4.69, 9.17) is 5.73 Å². The number of hydrogen-bond donors (Lipinski definition) is 2. The molecule has 0 aliphatic rings. The second kappa shape index (κ2) is 5.20. The molecule has 1 aromatic carbocycles. The third-order valence-corrected chi connectivity index (χ3v) is 3.28. The summed E-state index contributed by atoms with van der Waals surface area (Å²) in [6.07, 6.45) is 3.07. The average Bonchev–Trinajstić information content (AvgIpc) is 2.91. The van der Waals surface area contributed by atoms with Gasteiger partial charge < -0.3 is 15.6 Å². The Balaban J connectivity index is 1.88. The number of anilines is 1. The Morgan fingerprint density at radius 2 is 2.10 bits per heavy atom. The predicted octanol–water partition coefficient (Wildman–Crippen LogP) is 0.875. The number of pyridine rings is 1. The zero-order valence-corrected chi connectivity index (χ0v) is 11.4. The van der Waals surface area contributed by atoms with Crippen molar-refractivity contribution in [1.82, 2.24) is 25.1 Å². The minimum Gasteiger partial charge on any atom is -0.383 e. The van der Waals surface area contributed by atoms with Gasteiger partial charge >= 0.3 is 0 Å². The molecule has 3 aromatic rings. The van der Waals surface area contributed by atoms with Gasteiger partial charge in [0.25, 0.3) is 5.91 Å². The number of fused-ring (bicyclic) bond motifs is 1. The van der Waals surface area contributed by atoms with E-state index in [1.54, 1.807) is 10.9 Å². The summed E-state index contributed by atoms with van der Waals surface area (Å²) in [5, 5.41) is 12.0. The van der Waals surface area contributed by atoms with Crippen LogP contribution in [0.4, 0.5) is 5.82 Å². The highest BCUT2D eigenvalue weighted by molar-refractivity contribution is 6.08. The Morgan fingerprint density at radius 3 is 2.81 bits per heavy atom. The summed E-state index contributed by atoms with van der Waals surface area (Å²) in [5.41, 5.74) is 6.32. The van der Waals surface area contributed by atoms with Crippen LogP contribution < -0.4 is 11.1 Å². The molecule has 0 aliphatic heterocycles. The van der Waals surface area contributed by atoms with Gasteiger partial charge in [-0.2, -0.15) is 0 Å². The Labute approximate surface area is 120 Å². The van der Waals surface area contributed by atoms with Crippen LogP contribution >= 0.6 is 0 Å². The van der Waals surface area contributed by atoms with Crippen molar-refractivity contribution in [3.63, 3.8) is 0 Å². The standard InChI is InChI=1S/C14H14N6O/c1-20-8-18-19-12(20)7-17-14(21)11-6-16-13(15)10-5-3-2-4-9(10)11/h2-6,8H,7H2,1H3,(H2,15,16)(H,17,21). The van der Waals surface area contributed by atoms with Gasteiger partial charge in [-0.25, -0.2) is 4.98 Å². The fourth-order valence-electron chi connectivity index (χ4n) is 2.12. The molecule has 2 heterocycles. The van der Waals surface area contributed by atoms with Gasteiger partial charge in [-0.1, -0.05) is 24.3 Å². The van der Waals surface area contributed by atoms with Crippen molar-refractivity contribution in [3.8, 4) is 0 Å². The van der Waals surface area contributed by atoms with Crippen LogP contribution in [0.25, 0.3) is 10.8 Å². The third-order valence-electron chi connectivity index (χ3n) is 3.28. The van der Waals surface area contributed by atoms with Gasteiger partial charge in [0, 0.05) is 18.6 Å². The molecule has 7 nitrogen and oxygen atoms in total. The minimum atomic E-state index is -0.221. The molecule has 7 heteroatoms. The van der Waals surface area contributed by atoms with E-state index in [1.165, 1.54) is 6.20 Å². The lowest BCUT2D eigenvalue weighted by Gasteiger charge is -2.08. The van der Waals surface area contributed by atoms with Crippen molar-refractivity contribution in [2.45, 2.75) is 6.54 Å². The largest absolute Gasteiger partial charge is 0.383 e. The Kier molecular flexibility index (Phi) is 3.23. The van der Waals surface area contributed by atoms with E-state index in [0.29, 0.717) is 23.8 Å². The molecule has 0 bridgehead atoms. The van der Waals surface area contributed by atoms with E-state index >= 15 is 0 Å². The maximum Gasteiger partial charge on any atom is 0.253 e. The molecule has 0 atom stereocenters. The summed E-state index contributed by atoms with van der Waals surface area (Å²) >= 11 is 0. The van der Waals surface area contributed by atoms with Gasteiger partial charge in [0.05, 0.1) is 12.1 Å². The third kappa shape index (κ3) is 2.40. The van der Waals surface area contributed by atoms with Crippen molar-refractivity contribution < 1.29 is 4.79 Å². The van der Waals surface area contributed by atoms with Gasteiger partial charge in [-0.05, 0) is 5.39 Å². The van der Waals surface area contributed by atoms with Gasteiger partial charge in [-0.3, -0.25) is 4.79 Å². The molecule has 106 valence electrons. The lowest BCUT2D eigenvalue weighted by molar-refractivity contribution is 0.0951. The van der Waals surface area contributed by atoms with Crippen molar-refractivity contribution in [3.05, 3.63) is 48.2 Å². The summed E-state index contributed by atoms with van der Waals surface area (Å²) in [6, 6.07) is 7.42. The van der Waals surface area contributed by atoms with Crippen molar-refractivity contribution in [2.75, 3.05) is 5.73 Å². The summed E-state index contributed by atoms with van der Waals surface area (Å²) in [4.78, 5) is 16.4. The van der Waals surface area contributed by atoms with Crippen LogP contribution in [-0.4, -0.2) is 25.7 Å². The van der Waals surface area contributed by atoms with E-state index in [9.17, 15) is 4.79 Å². The summed E-state index contributed by atoms with van der Waals surface area (Å²) < 4.78 is 1.75. The van der Waals surface area contributed by atoms with Crippen LogP contribution in [0.1, 0.15) is 16.2 Å². The van der Waals surface area contributed by atoms with E-state index < -0.39 is 0 Å². The first kappa shape index (κ1) is 13.0. The SMILES string of the molecule is Cn1cnnc1CNC(=O)c1cnc(N)c2ccccc12. The van der Waals surface area contributed by atoms with Crippen LogP contribution in [0.15, 0.2) is 36.8 Å². The minimum absolute atomic E-state index is 0.221. The predicted molar refractivity (Wildman–Crippen MR) is 78.3 cm³/mol. The second-order valence-electron chi connectivity index (χ2n) is 4.64. The zero-order valence-electron chi connectivity index (χ0n) is 11.4. The highest BCUT2D eigenvalue weighted by Gasteiger charge is 2.13. The molecule has 0 unspecified atom stereocenters. The number of nitrogens with one attached hydrogen (secondary N) is 1. The topological polar surface area (TPSA) is 98.7 Å². The monoisotopic (exact) mass is 282 g/mol. The first-order chi connectivity index (χ1) is 10.2. The second-order valence-corrected chi connectivity index (χ2v) is 4.64. The lowest BCUT2D eigenvalue weighted by Crippen LogP contribution is -2.24. The molecule has 3 N–H and O–H groups in total. The van der Waals surface area contributed by atoms with Crippen LogP contribution in [0.5, 0.6) is 0 Å². The highest BCUT2D eigenvalue weighted by Crippen LogP contribution is 2.22. The van der Waals surface area contributed by atoms with Crippen LogP contribution in [0, 0.1) is 0 Å². The van der Waals surface area contributed by atoms with Crippen molar-refractivity contribution in [1.29, 1.82) is 0 Å². The first-order valence-corrected chi connectivity index (χ1v) is 6.41. The normalized spacial score (nSPS) is 10.7. The number of aryl methyl sites for hydroxylation is 1. The number of benzene rings is 1. The van der Waals surface area contributed by atoms with Gasteiger partial charge in [0.15, 0.2) is 5.82 Å². The van der Waals surface area contributed by atoms with E-state index in [-0.39, 0.29) is 5.91 Å².